The van der Waals surface area contributed by atoms with Crippen LogP contribution in [-0.4, -0.2) is 26.8 Å². The first-order chi connectivity index (χ1) is 10.6. The zero-order valence-electron chi connectivity index (χ0n) is 12.5. The molecule has 1 aliphatic carbocycles. The molecule has 116 valence electrons. The number of rotatable bonds is 5. The van der Waals surface area contributed by atoms with Gasteiger partial charge in [-0.1, -0.05) is 12.1 Å². The quantitative estimate of drug-likeness (QED) is 0.922. The molecule has 0 unspecified atom stereocenters. The summed E-state index contributed by atoms with van der Waals surface area (Å²) < 4.78 is 14.7. The smallest absolute Gasteiger partial charge is 0.318 e. The van der Waals surface area contributed by atoms with Gasteiger partial charge in [0.15, 0.2) is 0 Å². The van der Waals surface area contributed by atoms with Crippen LogP contribution in [0.3, 0.4) is 0 Å². The summed E-state index contributed by atoms with van der Waals surface area (Å²) in [5, 5.41) is 7.01. The lowest BCUT2D eigenvalue weighted by molar-refractivity contribution is 0.191. The summed E-state index contributed by atoms with van der Waals surface area (Å²) in [6.45, 7) is 0.949. The number of aryl methyl sites for hydroxylation is 1. The van der Waals surface area contributed by atoms with Gasteiger partial charge < -0.3 is 10.2 Å². The van der Waals surface area contributed by atoms with E-state index < -0.39 is 0 Å². The molecule has 1 aromatic carbocycles. The number of carbonyl (C=O) groups excluding carboxylic acids is 1. The van der Waals surface area contributed by atoms with Crippen molar-refractivity contribution in [3.05, 3.63) is 53.6 Å². The minimum atomic E-state index is -0.262. The summed E-state index contributed by atoms with van der Waals surface area (Å²) in [4.78, 5) is 14.2. The molecule has 0 aliphatic heterocycles. The van der Waals surface area contributed by atoms with E-state index in [1.165, 1.54) is 12.1 Å². The van der Waals surface area contributed by atoms with E-state index in [4.69, 9.17) is 0 Å². The van der Waals surface area contributed by atoms with Crippen LogP contribution in [0, 0.1) is 5.82 Å². The summed E-state index contributed by atoms with van der Waals surface area (Å²) in [7, 11) is 1.85. The molecule has 0 bridgehead atoms. The summed E-state index contributed by atoms with van der Waals surface area (Å²) in [5.74, 6) is -0.262. The van der Waals surface area contributed by atoms with Gasteiger partial charge in [0.05, 0.1) is 12.2 Å². The number of nitrogens with zero attached hydrogens (tertiary/aromatic N) is 3. The third-order valence-electron chi connectivity index (χ3n) is 3.86. The van der Waals surface area contributed by atoms with Gasteiger partial charge in [-0.3, -0.25) is 4.68 Å². The second-order valence-electron chi connectivity index (χ2n) is 5.59. The van der Waals surface area contributed by atoms with Crippen LogP contribution in [0.5, 0.6) is 0 Å². The molecule has 3 rings (SSSR count). The lowest BCUT2D eigenvalue weighted by Gasteiger charge is -2.23. The molecular formula is C16H19FN4O. The van der Waals surface area contributed by atoms with Gasteiger partial charge in [0.2, 0.25) is 0 Å². The molecule has 1 aromatic heterocycles. The first-order valence-corrected chi connectivity index (χ1v) is 7.39. The molecular weight excluding hydrogens is 283 g/mol. The van der Waals surface area contributed by atoms with E-state index in [1.54, 1.807) is 23.0 Å². The highest BCUT2D eigenvalue weighted by Crippen LogP contribution is 2.28. The fourth-order valence-electron chi connectivity index (χ4n) is 2.38. The van der Waals surface area contributed by atoms with Crippen molar-refractivity contribution in [2.24, 2.45) is 7.05 Å². The second-order valence-corrected chi connectivity index (χ2v) is 5.59. The van der Waals surface area contributed by atoms with Crippen LogP contribution in [0.2, 0.25) is 0 Å². The van der Waals surface area contributed by atoms with E-state index >= 15 is 0 Å². The van der Waals surface area contributed by atoms with Crippen molar-refractivity contribution in [3.8, 4) is 0 Å². The predicted molar refractivity (Wildman–Crippen MR) is 80.4 cm³/mol. The van der Waals surface area contributed by atoms with E-state index in [0.717, 1.165) is 24.1 Å². The van der Waals surface area contributed by atoms with Gasteiger partial charge in [0.25, 0.3) is 0 Å². The molecule has 1 N–H and O–H groups in total. The van der Waals surface area contributed by atoms with E-state index in [2.05, 4.69) is 10.4 Å². The maximum absolute atomic E-state index is 13.0. The number of hydrogen-bond acceptors (Lipinski definition) is 2. The molecule has 1 fully saturated rings. The highest BCUT2D eigenvalue weighted by molar-refractivity contribution is 5.74. The van der Waals surface area contributed by atoms with Crippen LogP contribution in [0.15, 0.2) is 36.5 Å². The summed E-state index contributed by atoms with van der Waals surface area (Å²) in [6, 6.07) is 8.37. The van der Waals surface area contributed by atoms with Crippen LogP contribution in [0.4, 0.5) is 9.18 Å². The Morgan fingerprint density at radius 2 is 2.09 bits per heavy atom. The third kappa shape index (κ3) is 3.44. The minimum Gasteiger partial charge on any atom is -0.332 e. The Morgan fingerprint density at radius 1 is 1.36 bits per heavy atom. The van der Waals surface area contributed by atoms with E-state index in [9.17, 15) is 9.18 Å². The van der Waals surface area contributed by atoms with Crippen LogP contribution < -0.4 is 5.32 Å². The number of hydrogen-bond donors (Lipinski definition) is 1. The molecule has 1 saturated carbocycles. The number of aromatic nitrogens is 2. The van der Waals surface area contributed by atoms with Crippen molar-refractivity contribution < 1.29 is 9.18 Å². The van der Waals surface area contributed by atoms with Crippen LogP contribution in [0.1, 0.15) is 24.1 Å². The standard InChI is InChI=1S/C16H19FN4O/c1-20-15(8-9-19-20)10-18-16(22)21(14-6-7-14)11-12-2-4-13(17)5-3-12/h2-5,8-9,14H,6-7,10-11H2,1H3,(H,18,22). The minimum absolute atomic E-state index is 0.0898. The number of urea groups is 1. The molecule has 1 heterocycles. The molecule has 1 aliphatic rings. The number of benzene rings is 1. The summed E-state index contributed by atoms with van der Waals surface area (Å²) in [6.07, 6.45) is 3.76. The Labute approximate surface area is 128 Å². The molecule has 0 radical (unpaired) electrons. The van der Waals surface area contributed by atoms with E-state index in [1.807, 2.05) is 18.0 Å². The van der Waals surface area contributed by atoms with Gasteiger partial charge >= 0.3 is 6.03 Å². The Hall–Kier alpha value is -2.37. The molecule has 0 saturated heterocycles. The Morgan fingerprint density at radius 3 is 2.68 bits per heavy atom. The van der Waals surface area contributed by atoms with Gasteiger partial charge in [-0.2, -0.15) is 5.10 Å². The average Bonchev–Trinajstić information content (AvgIpc) is 3.27. The monoisotopic (exact) mass is 302 g/mol. The number of nitrogens with one attached hydrogen (secondary N) is 1. The maximum Gasteiger partial charge on any atom is 0.318 e. The Kier molecular flexibility index (Phi) is 4.09. The molecule has 2 aromatic rings. The Bertz CT molecular complexity index is 648. The fraction of sp³-hybridized carbons (Fsp3) is 0.375. The highest BCUT2D eigenvalue weighted by Gasteiger charge is 2.32. The van der Waals surface area contributed by atoms with Crippen LogP contribution >= 0.6 is 0 Å². The first-order valence-electron chi connectivity index (χ1n) is 7.39. The van der Waals surface area contributed by atoms with Crippen molar-refractivity contribution in [2.45, 2.75) is 32.0 Å². The molecule has 22 heavy (non-hydrogen) atoms. The largest absolute Gasteiger partial charge is 0.332 e. The van der Waals surface area contributed by atoms with Gasteiger partial charge in [-0.05, 0) is 36.6 Å². The van der Waals surface area contributed by atoms with Gasteiger partial charge in [-0.15, -0.1) is 0 Å². The average molecular weight is 302 g/mol. The first kappa shape index (κ1) is 14.6. The van der Waals surface area contributed by atoms with Crippen LogP contribution in [0.25, 0.3) is 0 Å². The number of amides is 2. The number of carbonyl (C=O) groups is 1. The molecule has 6 heteroatoms. The third-order valence-corrected chi connectivity index (χ3v) is 3.86. The Balaban J connectivity index is 1.62. The van der Waals surface area contributed by atoms with Crippen molar-refractivity contribution in [1.82, 2.24) is 20.0 Å². The van der Waals surface area contributed by atoms with Crippen molar-refractivity contribution in [1.29, 1.82) is 0 Å². The molecule has 0 spiro atoms. The molecule has 0 atom stereocenters. The van der Waals surface area contributed by atoms with Crippen molar-refractivity contribution in [2.75, 3.05) is 0 Å². The van der Waals surface area contributed by atoms with Gasteiger partial charge in [-0.25, -0.2) is 9.18 Å². The normalized spacial score (nSPS) is 13.9. The van der Waals surface area contributed by atoms with E-state index in [0.29, 0.717) is 13.1 Å². The number of halogens is 1. The second kappa shape index (κ2) is 6.17. The molecule has 5 nitrogen and oxygen atoms in total. The van der Waals surface area contributed by atoms with Gasteiger partial charge in [0.1, 0.15) is 5.82 Å². The lowest BCUT2D eigenvalue weighted by Crippen LogP contribution is -2.40. The lowest BCUT2D eigenvalue weighted by atomic mass is 10.2. The van der Waals surface area contributed by atoms with Gasteiger partial charge in [0, 0.05) is 25.8 Å². The maximum atomic E-state index is 13.0. The van der Waals surface area contributed by atoms with Crippen molar-refractivity contribution in [3.63, 3.8) is 0 Å². The fourth-order valence-corrected chi connectivity index (χ4v) is 2.38. The summed E-state index contributed by atoms with van der Waals surface area (Å²) in [5.41, 5.74) is 1.88. The topological polar surface area (TPSA) is 50.2 Å². The van der Waals surface area contributed by atoms with Crippen LogP contribution in [-0.2, 0) is 20.1 Å². The molecule has 2 amide bonds. The van der Waals surface area contributed by atoms with Crippen molar-refractivity contribution >= 4 is 6.03 Å². The SMILES string of the molecule is Cn1nccc1CNC(=O)N(Cc1ccc(F)cc1)C1CC1. The summed E-state index contributed by atoms with van der Waals surface area (Å²) >= 11 is 0. The predicted octanol–water partition coefficient (Wildman–Crippen LogP) is 2.43. The highest BCUT2D eigenvalue weighted by atomic mass is 19.1. The zero-order valence-corrected chi connectivity index (χ0v) is 12.5. The zero-order chi connectivity index (χ0) is 15.5. The van der Waals surface area contributed by atoms with E-state index in [-0.39, 0.29) is 17.9 Å².